The smallest absolute Gasteiger partial charge is 0.239 e. The number of nitrogens with one attached hydrogen (secondary N) is 1. The second-order valence-electron chi connectivity index (χ2n) is 7.12. The first kappa shape index (κ1) is 18.2. The minimum atomic E-state index is 0. The van der Waals surface area contributed by atoms with Gasteiger partial charge in [0.2, 0.25) is 11.8 Å². The van der Waals surface area contributed by atoms with Crippen LogP contribution in [0.4, 0.5) is 5.69 Å². The van der Waals surface area contributed by atoms with Crippen LogP contribution in [0, 0.1) is 5.92 Å². The zero-order valence-corrected chi connectivity index (χ0v) is 15.3. The number of fused-ring (bicyclic) bond motifs is 1. The van der Waals surface area contributed by atoms with E-state index in [2.05, 4.69) is 11.4 Å². The molecule has 1 aromatic rings. The molecule has 2 saturated heterocycles. The van der Waals surface area contributed by atoms with Crippen molar-refractivity contribution in [3.63, 3.8) is 0 Å². The molecule has 2 amide bonds. The molecular formula is C19H26ClN3O2. The van der Waals surface area contributed by atoms with Crippen LogP contribution in [0.25, 0.3) is 0 Å². The van der Waals surface area contributed by atoms with Crippen molar-refractivity contribution in [2.75, 3.05) is 31.1 Å². The van der Waals surface area contributed by atoms with E-state index in [9.17, 15) is 9.59 Å². The fourth-order valence-corrected chi connectivity index (χ4v) is 4.25. The lowest BCUT2D eigenvalue weighted by Gasteiger charge is -2.34. The van der Waals surface area contributed by atoms with Crippen LogP contribution in [0.2, 0.25) is 0 Å². The molecule has 5 nitrogen and oxygen atoms in total. The number of rotatable bonds is 2. The summed E-state index contributed by atoms with van der Waals surface area (Å²) in [7, 11) is 0. The molecule has 1 aromatic carbocycles. The van der Waals surface area contributed by atoms with Gasteiger partial charge in [-0.15, -0.1) is 12.4 Å². The number of likely N-dealkylation sites (tertiary alicyclic amines) is 1. The van der Waals surface area contributed by atoms with Crippen LogP contribution in [0.3, 0.4) is 0 Å². The lowest BCUT2D eigenvalue weighted by atomic mass is 9.94. The summed E-state index contributed by atoms with van der Waals surface area (Å²) in [6, 6.07) is 8.19. The van der Waals surface area contributed by atoms with E-state index in [0.29, 0.717) is 13.1 Å². The van der Waals surface area contributed by atoms with Crippen molar-refractivity contribution in [1.29, 1.82) is 0 Å². The largest absolute Gasteiger partial charge is 0.341 e. The van der Waals surface area contributed by atoms with Crippen molar-refractivity contribution in [3.8, 4) is 0 Å². The minimum absolute atomic E-state index is 0. The highest BCUT2D eigenvalue weighted by molar-refractivity contribution is 5.97. The van der Waals surface area contributed by atoms with Crippen LogP contribution in [0.1, 0.15) is 31.2 Å². The molecular weight excluding hydrogens is 338 g/mol. The number of halogens is 1. The van der Waals surface area contributed by atoms with Crippen molar-refractivity contribution >= 4 is 29.9 Å². The highest BCUT2D eigenvalue weighted by Gasteiger charge is 2.35. The Morgan fingerprint density at radius 3 is 2.48 bits per heavy atom. The second kappa shape index (κ2) is 7.75. The number of amides is 2. The zero-order valence-electron chi connectivity index (χ0n) is 14.4. The summed E-state index contributed by atoms with van der Waals surface area (Å²) in [6.45, 7) is 3.16. The maximum Gasteiger partial charge on any atom is 0.239 e. The Labute approximate surface area is 155 Å². The number of nitrogens with zero attached hydrogens (tertiary/aromatic N) is 2. The molecule has 25 heavy (non-hydrogen) atoms. The molecule has 0 aliphatic carbocycles. The lowest BCUT2D eigenvalue weighted by Crippen LogP contribution is -2.49. The molecule has 1 unspecified atom stereocenters. The Bertz CT molecular complexity index is 637. The molecule has 0 spiro atoms. The number of carbonyl (C=O) groups excluding carboxylic acids is 2. The van der Waals surface area contributed by atoms with Crippen LogP contribution >= 0.6 is 12.4 Å². The molecule has 136 valence electrons. The van der Waals surface area contributed by atoms with E-state index in [1.54, 1.807) is 0 Å². The molecule has 0 radical (unpaired) electrons. The quantitative estimate of drug-likeness (QED) is 0.874. The number of carbonyl (C=O) groups is 2. The van der Waals surface area contributed by atoms with Crippen LogP contribution < -0.4 is 10.2 Å². The van der Waals surface area contributed by atoms with Gasteiger partial charge in [-0.05, 0) is 50.3 Å². The summed E-state index contributed by atoms with van der Waals surface area (Å²) in [6.07, 6.45) is 4.56. The van der Waals surface area contributed by atoms with E-state index in [0.717, 1.165) is 50.9 Å². The third-order valence-electron chi connectivity index (χ3n) is 5.67. The first-order valence-corrected chi connectivity index (χ1v) is 9.15. The Morgan fingerprint density at radius 2 is 1.76 bits per heavy atom. The van der Waals surface area contributed by atoms with Gasteiger partial charge in [0.1, 0.15) is 0 Å². The number of piperidine rings is 1. The molecule has 1 atom stereocenters. The molecule has 2 fully saturated rings. The van der Waals surface area contributed by atoms with Crippen molar-refractivity contribution in [1.82, 2.24) is 10.2 Å². The third kappa shape index (κ3) is 3.53. The number of benzene rings is 1. The van der Waals surface area contributed by atoms with Crippen molar-refractivity contribution in [2.24, 2.45) is 5.92 Å². The Kier molecular flexibility index (Phi) is 5.64. The Hall–Kier alpha value is -1.59. The molecule has 3 aliphatic rings. The predicted molar refractivity (Wildman–Crippen MR) is 100 cm³/mol. The highest BCUT2D eigenvalue weighted by Crippen LogP contribution is 2.31. The molecule has 3 heterocycles. The van der Waals surface area contributed by atoms with Gasteiger partial charge in [0, 0.05) is 31.2 Å². The first-order valence-electron chi connectivity index (χ1n) is 9.15. The molecule has 3 aliphatic heterocycles. The molecule has 0 saturated carbocycles. The van der Waals surface area contributed by atoms with Gasteiger partial charge in [-0.1, -0.05) is 18.2 Å². The van der Waals surface area contributed by atoms with E-state index in [1.165, 1.54) is 5.56 Å². The highest BCUT2D eigenvalue weighted by atomic mass is 35.5. The summed E-state index contributed by atoms with van der Waals surface area (Å²) >= 11 is 0. The fourth-order valence-electron chi connectivity index (χ4n) is 4.25. The van der Waals surface area contributed by atoms with E-state index in [4.69, 9.17) is 0 Å². The standard InChI is InChI=1S/C19H25N3O2.ClH/c23-18(22-13-9-14-4-1-2-6-17(14)22)15-7-11-21(12-8-15)19(24)16-5-3-10-20-16;/h1-2,4,6,15-16,20H,3,5,7-13H2;1H. The van der Waals surface area contributed by atoms with Gasteiger partial charge in [0.25, 0.3) is 0 Å². The SMILES string of the molecule is Cl.O=C(C1CCCN1)N1CCC(C(=O)N2CCc3ccccc32)CC1. The van der Waals surface area contributed by atoms with Crippen molar-refractivity contribution in [3.05, 3.63) is 29.8 Å². The number of para-hydroxylation sites is 1. The molecule has 4 rings (SSSR count). The van der Waals surface area contributed by atoms with Crippen LogP contribution in [0.5, 0.6) is 0 Å². The average molecular weight is 364 g/mol. The number of hydrogen-bond acceptors (Lipinski definition) is 3. The summed E-state index contributed by atoms with van der Waals surface area (Å²) in [5.41, 5.74) is 2.35. The van der Waals surface area contributed by atoms with Gasteiger partial charge in [-0.3, -0.25) is 9.59 Å². The lowest BCUT2D eigenvalue weighted by molar-refractivity contribution is -0.136. The number of anilines is 1. The predicted octanol–water partition coefficient (Wildman–Crippen LogP) is 1.99. The normalized spacial score (nSPS) is 23.3. The van der Waals surface area contributed by atoms with Crippen molar-refractivity contribution in [2.45, 2.75) is 38.1 Å². The topological polar surface area (TPSA) is 52.7 Å². The Morgan fingerprint density at radius 1 is 1.00 bits per heavy atom. The second-order valence-corrected chi connectivity index (χ2v) is 7.12. The fraction of sp³-hybridized carbons (Fsp3) is 0.579. The first-order chi connectivity index (χ1) is 11.7. The van der Waals surface area contributed by atoms with E-state index in [-0.39, 0.29) is 36.2 Å². The monoisotopic (exact) mass is 363 g/mol. The number of hydrogen-bond donors (Lipinski definition) is 1. The summed E-state index contributed by atoms with van der Waals surface area (Å²) in [5.74, 6) is 0.521. The average Bonchev–Trinajstić information content (AvgIpc) is 3.30. The van der Waals surface area contributed by atoms with E-state index < -0.39 is 0 Å². The molecule has 1 N–H and O–H groups in total. The van der Waals surface area contributed by atoms with Gasteiger partial charge in [0.15, 0.2) is 0 Å². The minimum Gasteiger partial charge on any atom is -0.341 e. The van der Waals surface area contributed by atoms with Crippen LogP contribution in [-0.4, -0.2) is 48.9 Å². The van der Waals surface area contributed by atoms with Gasteiger partial charge >= 0.3 is 0 Å². The maximum absolute atomic E-state index is 12.9. The Balaban J connectivity index is 0.00000182. The van der Waals surface area contributed by atoms with Crippen LogP contribution in [-0.2, 0) is 16.0 Å². The molecule has 6 heteroatoms. The van der Waals surface area contributed by atoms with Gasteiger partial charge in [-0.2, -0.15) is 0 Å². The molecule has 0 aromatic heterocycles. The zero-order chi connectivity index (χ0) is 16.5. The van der Waals surface area contributed by atoms with E-state index >= 15 is 0 Å². The van der Waals surface area contributed by atoms with Crippen molar-refractivity contribution < 1.29 is 9.59 Å². The van der Waals surface area contributed by atoms with E-state index in [1.807, 2.05) is 28.0 Å². The van der Waals surface area contributed by atoms with Crippen LogP contribution in [0.15, 0.2) is 24.3 Å². The summed E-state index contributed by atoms with van der Waals surface area (Å²) in [5, 5.41) is 3.28. The molecule has 0 bridgehead atoms. The summed E-state index contributed by atoms with van der Waals surface area (Å²) < 4.78 is 0. The maximum atomic E-state index is 12.9. The van der Waals surface area contributed by atoms with Gasteiger partial charge in [-0.25, -0.2) is 0 Å². The third-order valence-corrected chi connectivity index (χ3v) is 5.67. The van der Waals surface area contributed by atoms with Gasteiger partial charge in [0.05, 0.1) is 6.04 Å². The summed E-state index contributed by atoms with van der Waals surface area (Å²) in [4.78, 5) is 29.3. The van der Waals surface area contributed by atoms with Gasteiger partial charge < -0.3 is 15.1 Å².